The summed E-state index contributed by atoms with van der Waals surface area (Å²) in [4.78, 5) is 37.8. The molecule has 1 fully saturated rings. The molecule has 2 aromatic carbocycles. The van der Waals surface area contributed by atoms with Crippen LogP contribution in [0.4, 0.5) is 10.1 Å². The van der Waals surface area contributed by atoms with E-state index in [0.29, 0.717) is 30.8 Å². The minimum absolute atomic E-state index is 0.0664. The van der Waals surface area contributed by atoms with Gasteiger partial charge in [-0.05, 0) is 48.4 Å². The molecule has 0 aromatic heterocycles. The summed E-state index contributed by atoms with van der Waals surface area (Å²) in [6, 6.07) is 12.5. The van der Waals surface area contributed by atoms with E-state index < -0.39 is 11.9 Å². The summed E-state index contributed by atoms with van der Waals surface area (Å²) in [5.41, 5.74) is 1.88. The van der Waals surface area contributed by atoms with Crippen molar-refractivity contribution in [3.63, 3.8) is 0 Å². The molecule has 0 aliphatic carbocycles. The van der Waals surface area contributed by atoms with E-state index in [2.05, 4.69) is 10.1 Å². The van der Waals surface area contributed by atoms with Crippen molar-refractivity contribution in [1.82, 2.24) is 4.90 Å². The number of rotatable bonds is 6. The third-order valence-electron chi connectivity index (χ3n) is 4.74. The van der Waals surface area contributed by atoms with Gasteiger partial charge in [0.1, 0.15) is 5.82 Å². The van der Waals surface area contributed by atoms with Crippen LogP contribution < -0.4 is 5.32 Å². The summed E-state index contributed by atoms with van der Waals surface area (Å²) in [5.74, 6) is -1.47. The number of likely N-dealkylation sites (tertiary alicyclic amines) is 1. The number of methoxy groups -OCH3 is 1. The molecule has 1 N–H and O–H groups in total. The number of benzene rings is 2. The Morgan fingerprint density at radius 3 is 2.46 bits per heavy atom. The molecule has 0 radical (unpaired) electrons. The lowest BCUT2D eigenvalue weighted by Gasteiger charge is -2.16. The van der Waals surface area contributed by atoms with Gasteiger partial charge in [0.15, 0.2) is 0 Å². The second-order valence-corrected chi connectivity index (χ2v) is 6.68. The molecule has 2 amide bonds. The maximum Gasteiger partial charge on any atom is 0.337 e. The molecule has 1 aliphatic rings. The molecule has 3 rings (SSSR count). The topological polar surface area (TPSA) is 75.7 Å². The number of carbonyl (C=O) groups is 3. The van der Waals surface area contributed by atoms with Crippen LogP contribution in [0.15, 0.2) is 48.5 Å². The van der Waals surface area contributed by atoms with Gasteiger partial charge in [-0.2, -0.15) is 0 Å². The predicted octanol–water partition coefficient (Wildman–Crippen LogP) is 2.64. The molecule has 1 saturated heterocycles. The van der Waals surface area contributed by atoms with Gasteiger partial charge in [0.05, 0.1) is 18.6 Å². The number of esters is 1. The summed E-state index contributed by atoms with van der Waals surface area (Å²) >= 11 is 0. The Balaban J connectivity index is 1.53. The fourth-order valence-electron chi connectivity index (χ4n) is 3.13. The first-order chi connectivity index (χ1) is 13.5. The molecule has 1 atom stereocenters. The fraction of sp³-hybridized carbons (Fsp3) is 0.286. The summed E-state index contributed by atoms with van der Waals surface area (Å²) in [6.45, 7) is 0.841. The molecule has 0 bridgehead atoms. The Hall–Kier alpha value is -3.22. The first kappa shape index (κ1) is 19.5. The Bertz CT molecular complexity index is 865. The molecule has 0 saturated carbocycles. The average molecular weight is 384 g/mol. The van der Waals surface area contributed by atoms with E-state index in [0.717, 1.165) is 5.56 Å². The van der Waals surface area contributed by atoms with Crippen LogP contribution in [0.5, 0.6) is 0 Å². The largest absolute Gasteiger partial charge is 0.465 e. The second kappa shape index (κ2) is 8.65. The molecule has 146 valence electrons. The highest BCUT2D eigenvalue weighted by molar-refractivity contribution is 5.97. The summed E-state index contributed by atoms with van der Waals surface area (Å²) in [5, 5.41) is 2.78. The van der Waals surface area contributed by atoms with E-state index in [9.17, 15) is 18.8 Å². The summed E-state index contributed by atoms with van der Waals surface area (Å²) < 4.78 is 17.6. The van der Waals surface area contributed by atoms with Crippen LogP contribution in [-0.2, 0) is 20.7 Å². The highest BCUT2D eigenvalue weighted by Crippen LogP contribution is 2.21. The molecule has 1 heterocycles. The first-order valence-corrected chi connectivity index (χ1v) is 8.97. The van der Waals surface area contributed by atoms with Crippen LogP contribution in [0.25, 0.3) is 0 Å². The van der Waals surface area contributed by atoms with Gasteiger partial charge in [-0.25, -0.2) is 9.18 Å². The molecule has 7 heteroatoms. The lowest BCUT2D eigenvalue weighted by molar-refractivity contribution is -0.128. The molecule has 0 spiro atoms. The van der Waals surface area contributed by atoms with Crippen molar-refractivity contribution >= 4 is 23.5 Å². The van der Waals surface area contributed by atoms with Crippen LogP contribution in [-0.4, -0.2) is 42.9 Å². The van der Waals surface area contributed by atoms with Crippen LogP contribution in [0, 0.1) is 11.7 Å². The number of carbonyl (C=O) groups excluding carboxylic acids is 3. The van der Waals surface area contributed by atoms with Crippen molar-refractivity contribution in [2.45, 2.75) is 12.8 Å². The average Bonchev–Trinajstić information content (AvgIpc) is 3.08. The summed E-state index contributed by atoms with van der Waals surface area (Å²) in [6.07, 6.45) is 0.769. The molecule has 1 aliphatic heterocycles. The SMILES string of the molecule is COC(=O)c1ccc(NC(=O)[C@@H]2CC(=O)N(CCc3ccc(F)cc3)C2)cc1. The smallest absolute Gasteiger partial charge is 0.337 e. The van der Waals surface area contributed by atoms with E-state index in [-0.39, 0.29) is 24.1 Å². The number of nitrogens with zero attached hydrogens (tertiary/aromatic N) is 1. The lowest BCUT2D eigenvalue weighted by Crippen LogP contribution is -2.30. The number of nitrogens with one attached hydrogen (secondary N) is 1. The van der Waals surface area contributed by atoms with Gasteiger partial charge in [-0.3, -0.25) is 9.59 Å². The van der Waals surface area contributed by atoms with Crippen LogP contribution in [0.3, 0.4) is 0 Å². The maximum atomic E-state index is 13.0. The quantitative estimate of drug-likeness (QED) is 0.777. The van der Waals surface area contributed by atoms with Crippen LogP contribution in [0.1, 0.15) is 22.3 Å². The number of ether oxygens (including phenoxy) is 1. The zero-order chi connectivity index (χ0) is 20.1. The van der Waals surface area contributed by atoms with Crippen molar-refractivity contribution in [2.24, 2.45) is 5.92 Å². The number of halogens is 1. The normalized spacial score (nSPS) is 16.1. The third kappa shape index (κ3) is 4.73. The Labute approximate surface area is 162 Å². The Morgan fingerprint density at radius 2 is 1.82 bits per heavy atom. The van der Waals surface area contributed by atoms with Crippen molar-refractivity contribution in [1.29, 1.82) is 0 Å². The van der Waals surface area contributed by atoms with Gasteiger partial charge in [0.2, 0.25) is 11.8 Å². The predicted molar refractivity (Wildman–Crippen MR) is 101 cm³/mol. The van der Waals surface area contributed by atoms with Gasteiger partial charge in [-0.15, -0.1) is 0 Å². The maximum absolute atomic E-state index is 13.0. The zero-order valence-electron chi connectivity index (χ0n) is 15.5. The van der Waals surface area contributed by atoms with E-state index in [1.165, 1.54) is 19.2 Å². The number of hydrogen-bond donors (Lipinski definition) is 1. The fourth-order valence-corrected chi connectivity index (χ4v) is 3.13. The summed E-state index contributed by atoms with van der Waals surface area (Å²) in [7, 11) is 1.30. The molecular weight excluding hydrogens is 363 g/mol. The standard InChI is InChI=1S/C21H21FN2O4/c1-28-21(27)15-4-8-18(9-5-15)23-20(26)16-12-19(25)24(13-16)11-10-14-2-6-17(22)7-3-14/h2-9,16H,10-13H2,1H3,(H,23,26)/t16-/m1/s1. The number of anilines is 1. The van der Waals surface area contributed by atoms with Crippen molar-refractivity contribution < 1.29 is 23.5 Å². The highest BCUT2D eigenvalue weighted by atomic mass is 19.1. The molecular formula is C21H21FN2O4. The minimum atomic E-state index is -0.448. The van der Waals surface area contributed by atoms with Crippen molar-refractivity contribution in [3.05, 3.63) is 65.5 Å². The van der Waals surface area contributed by atoms with Gasteiger partial charge in [0, 0.05) is 25.2 Å². The minimum Gasteiger partial charge on any atom is -0.465 e. The Kier molecular flexibility index (Phi) is 6.03. The van der Waals surface area contributed by atoms with Gasteiger partial charge in [0.25, 0.3) is 0 Å². The van der Waals surface area contributed by atoms with Crippen molar-refractivity contribution in [3.8, 4) is 0 Å². The number of amides is 2. The highest BCUT2D eigenvalue weighted by Gasteiger charge is 2.34. The number of hydrogen-bond acceptors (Lipinski definition) is 4. The monoisotopic (exact) mass is 384 g/mol. The van der Waals surface area contributed by atoms with E-state index in [1.807, 2.05) is 0 Å². The molecule has 28 heavy (non-hydrogen) atoms. The van der Waals surface area contributed by atoms with Crippen LogP contribution >= 0.6 is 0 Å². The third-order valence-corrected chi connectivity index (χ3v) is 4.74. The van der Waals surface area contributed by atoms with Crippen LogP contribution in [0.2, 0.25) is 0 Å². The van der Waals surface area contributed by atoms with E-state index >= 15 is 0 Å². The van der Waals surface area contributed by atoms with Crippen molar-refractivity contribution in [2.75, 3.05) is 25.5 Å². The first-order valence-electron chi connectivity index (χ1n) is 8.97. The molecule has 6 nitrogen and oxygen atoms in total. The lowest BCUT2D eigenvalue weighted by atomic mass is 10.1. The zero-order valence-corrected chi connectivity index (χ0v) is 15.5. The van der Waals surface area contributed by atoms with Gasteiger partial charge < -0.3 is 15.0 Å². The Morgan fingerprint density at radius 1 is 1.14 bits per heavy atom. The molecule has 0 unspecified atom stereocenters. The van der Waals surface area contributed by atoms with E-state index in [1.54, 1.807) is 41.3 Å². The molecule has 2 aromatic rings. The second-order valence-electron chi connectivity index (χ2n) is 6.68. The van der Waals surface area contributed by atoms with Gasteiger partial charge in [-0.1, -0.05) is 12.1 Å². The van der Waals surface area contributed by atoms with Gasteiger partial charge >= 0.3 is 5.97 Å². The van der Waals surface area contributed by atoms with E-state index in [4.69, 9.17) is 0 Å².